The fourth-order valence-corrected chi connectivity index (χ4v) is 3.97. The van der Waals surface area contributed by atoms with Gasteiger partial charge in [-0.15, -0.1) is 0 Å². The summed E-state index contributed by atoms with van der Waals surface area (Å²) in [6, 6.07) is 7.29. The predicted molar refractivity (Wildman–Crippen MR) is 135 cm³/mol. The molecule has 8 heteroatoms. The normalized spacial score (nSPS) is 12.3. The summed E-state index contributed by atoms with van der Waals surface area (Å²) in [5.74, 6) is 1.75. The van der Waals surface area contributed by atoms with Gasteiger partial charge < -0.3 is 24.8 Å². The molecule has 0 aliphatic rings. The van der Waals surface area contributed by atoms with Gasteiger partial charge in [0.25, 0.3) is 0 Å². The minimum Gasteiger partial charge on any atom is -0.492 e. The number of thioether (sulfide) groups is 1. The van der Waals surface area contributed by atoms with Gasteiger partial charge in [0.1, 0.15) is 12.4 Å². The highest BCUT2D eigenvalue weighted by Gasteiger charge is 2.19. The second-order valence-electron chi connectivity index (χ2n) is 9.15. The van der Waals surface area contributed by atoms with Gasteiger partial charge in [-0.25, -0.2) is 9.59 Å². The van der Waals surface area contributed by atoms with Crippen LogP contribution in [-0.4, -0.2) is 72.5 Å². The largest absolute Gasteiger partial charge is 0.492 e. The molecule has 0 spiro atoms. The quantitative estimate of drug-likeness (QED) is 0.332. The lowest BCUT2D eigenvalue weighted by molar-refractivity contribution is -0.149. The zero-order valence-corrected chi connectivity index (χ0v) is 21.7. The Kier molecular flexibility index (Phi) is 14.0. The number of carboxylic acid groups (broad SMARTS) is 1. The summed E-state index contributed by atoms with van der Waals surface area (Å²) in [4.78, 5) is 25.8. The van der Waals surface area contributed by atoms with Crippen LogP contribution in [-0.2, 0) is 16.0 Å². The van der Waals surface area contributed by atoms with Gasteiger partial charge in [-0.2, -0.15) is 11.8 Å². The number of unbranched alkanes of at least 4 members (excludes halogenated alkanes) is 1. The maximum atomic E-state index is 12.7. The molecule has 1 rings (SSSR count). The number of benzene rings is 1. The number of nitrogens with zero attached hydrogens (tertiary/aromatic N) is 1. The molecule has 0 fully saturated rings. The molecule has 1 aromatic rings. The molecule has 1 unspecified atom stereocenters. The van der Waals surface area contributed by atoms with Crippen molar-refractivity contribution < 1.29 is 24.2 Å². The maximum absolute atomic E-state index is 12.7. The summed E-state index contributed by atoms with van der Waals surface area (Å²) in [7, 11) is 0. The molecule has 7 nitrogen and oxygen atoms in total. The Balaban J connectivity index is 2.57. The standard InChI is InChI=1S/C25H42N2O5S/c1-6-8-16-33-17-14-27(24(30)26-19-25(3,4)5)13-15-32-21-11-9-20(10-12-21)18-22(23(28)29)31-7-2/h9-12,22H,6-8,13-19H2,1-5H3,(H,26,30)(H,28,29). The van der Waals surface area contributed by atoms with E-state index in [9.17, 15) is 14.7 Å². The van der Waals surface area contributed by atoms with E-state index in [0.717, 1.165) is 17.1 Å². The van der Waals surface area contributed by atoms with Crippen LogP contribution >= 0.6 is 11.8 Å². The van der Waals surface area contributed by atoms with Gasteiger partial charge in [-0.3, -0.25) is 0 Å². The van der Waals surface area contributed by atoms with E-state index < -0.39 is 12.1 Å². The van der Waals surface area contributed by atoms with E-state index >= 15 is 0 Å². The van der Waals surface area contributed by atoms with Gasteiger partial charge in [-0.1, -0.05) is 46.2 Å². The van der Waals surface area contributed by atoms with Crippen molar-refractivity contribution >= 4 is 23.8 Å². The Labute approximate surface area is 203 Å². The Hall–Kier alpha value is -1.93. The number of rotatable bonds is 16. The summed E-state index contributed by atoms with van der Waals surface area (Å²) in [5.41, 5.74) is 0.896. The zero-order chi connectivity index (χ0) is 24.7. The molecule has 33 heavy (non-hydrogen) atoms. The number of carboxylic acids is 1. The lowest BCUT2D eigenvalue weighted by Crippen LogP contribution is -2.45. The van der Waals surface area contributed by atoms with Crippen LogP contribution in [0.15, 0.2) is 24.3 Å². The van der Waals surface area contributed by atoms with Crippen LogP contribution in [0.1, 0.15) is 53.0 Å². The molecular weight excluding hydrogens is 440 g/mol. The number of hydrogen-bond donors (Lipinski definition) is 2. The molecule has 0 bridgehead atoms. The van der Waals surface area contributed by atoms with Crippen molar-refractivity contribution in [2.75, 3.05) is 44.4 Å². The van der Waals surface area contributed by atoms with Crippen LogP contribution in [0.3, 0.4) is 0 Å². The summed E-state index contributed by atoms with van der Waals surface area (Å²) in [6.07, 6.45) is 1.83. The number of nitrogens with one attached hydrogen (secondary N) is 1. The molecule has 0 aromatic heterocycles. The molecule has 2 N–H and O–H groups in total. The Morgan fingerprint density at radius 1 is 1.12 bits per heavy atom. The molecule has 1 atom stereocenters. The SMILES string of the molecule is CCCCSCCN(CCOc1ccc(CC(OCC)C(=O)O)cc1)C(=O)NCC(C)(C)C. The second kappa shape index (κ2) is 15.8. The van der Waals surface area contributed by atoms with E-state index in [1.165, 1.54) is 12.8 Å². The summed E-state index contributed by atoms with van der Waals surface area (Å²) >= 11 is 1.87. The lowest BCUT2D eigenvalue weighted by Gasteiger charge is -2.26. The minimum atomic E-state index is -0.963. The van der Waals surface area contributed by atoms with Gasteiger partial charge in [0.15, 0.2) is 6.10 Å². The number of aliphatic carboxylic acids is 1. The van der Waals surface area contributed by atoms with Crippen LogP contribution in [0.2, 0.25) is 0 Å². The predicted octanol–water partition coefficient (Wildman–Crippen LogP) is 4.69. The molecule has 0 aliphatic heterocycles. The van der Waals surface area contributed by atoms with Gasteiger partial charge in [0, 0.05) is 31.9 Å². The van der Waals surface area contributed by atoms with E-state index in [-0.39, 0.29) is 11.4 Å². The Morgan fingerprint density at radius 2 is 1.82 bits per heavy atom. The lowest BCUT2D eigenvalue weighted by atomic mass is 9.97. The third kappa shape index (κ3) is 13.4. The molecule has 1 aromatic carbocycles. The molecule has 0 saturated heterocycles. The maximum Gasteiger partial charge on any atom is 0.333 e. The first-order chi connectivity index (χ1) is 15.7. The number of carbonyl (C=O) groups excluding carboxylic acids is 1. The summed E-state index contributed by atoms with van der Waals surface area (Å²) < 4.78 is 11.1. The fourth-order valence-electron chi connectivity index (χ4n) is 2.92. The number of urea groups is 1. The molecule has 188 valence electrons. The Bertz CT molecular complexity index is 691. The highest BCUT2D eigenvalue weighted by molar-refractivity contribution is 7.99. The Morgan fingerprint density at radius 3 is 2.39 bits per heavy atom. The number of hydrogen-bond acceptors (Lipinski definition) is 5. The van der Waals surface area contributed by atoms with Gasteiger partial charge in [0.2, 0.25) is 0 Å². The van der Waals surface area contributed by atoms with E-state index in [4.69, 9.17) is 9.47 Å². The summed E-state index contributed by atoms with van der Waals surface area (Å²) in [5, 5.41) is 12.3. The average Bonchev–Trinajstić information content (AvgIpc) is 2.76. The first kappa shape index (κ1) is 29.1. The van der Waals surface area contributed by atoms with E-state index in [2.05, 4.69) is 33.0 Å². The molecule has 0 radical (unpaired) electrons. The van der Waals surface area contributed by atoms with Crippen molar-refractivity contribution in [2.45, 2.75) is 60.0 Å². The number of amides is 2. The van der Waals surface area contributed by atoms with Gasteiger partial charge in [0.05, 0.1) is 6.54 Å². The number of carbonyl (C=O) groups is 2. The fraction of sp³-hybridized carbons (Fsp3) is 0.680. The molecular formula is C25H42N2O5S. The molecule has 0 heterocycles. The smallest absolute Gasteiger partial charge is 0.333 e. The second-order valence-corrected chi connectivity index (χ2v) is 10.4. The average molecular weight is 483 g/mol. The van der Waals surface area contributed by atoms with Crippen molar-refractivity contribution in [2.24, 2.45) is 5.41 Å². The van der Waals surface area contributed by atoms with Crippen LogP contribution in [0.25, 0.3) is 0 Å². The third-order valence-electron chi connectivity index (χ3n) is 4.82. The molecule has 0 aliphatic carbocycles. The van der Waals surface area contributed by atoms with Gasteiger partial charge >= 0.3 is 12.0 Å². The molecule has 0 saturated carbocycles. The first-order valence-corrected chi connectivity index (χ1v) is 13.0. The molecule has 2 amide bonds. The first-order valence-electron chi connectivity index (χ1n) is 11.8. The summed E-state index contributed by atoms with van der Waals surface area (Å²) in [6.45, 7) is 12.8. The third-order valence-corrected chi connectivity index (χ3v) is 5.87. The van der Waals surface area contributed by atoms with Crippen molar-refractivity contribution in [1.82, 2.24) is 10.2 Å². The monoisotopic (exact) mass is 482 g/mol. The van der Waals surface area contributed by atoms with Crippen molar-refractivity contribution in [3.63, 3.8) is 0 Å². The van der Waals surface area contributed by atoms with Crippen molar-refractivity contribution in [1.29, 1.82) is 0 Å². The minimum absolute atomic E-state index is 0.0251. The van der Waals surface area contributed by atoms with Gasteiger partial charge in [-0.05, 0) is 42.2 Å². The van der Waals surface area contributed by atoms with Crippen molar-refractivity contribution in [3.8, 4) is 5.75 Å². The number of ether oxygens (including phenoxy) is 2. The van der Waals surface area contributed by atoms with Crippen LogP contribution < -0.4 is 10.1 Å². The highest BCUT2D eigenvalue weighted by atomic mass is 32.2. The van der Waals surface area contributed by atoms with Crippen LogP contribution in [0.4, 0.5) is 4.79 Å². The topological polar surface area (TPSA) is 88.1 Å². The van der Waals surface area contributed by atoms with Crippen molar-refractivity contribution in [3.05, 3.63) is 29.8 Å². The van der Waals surface area contributed by atoms with E-state index in [1.807, 2.05) is 40.9 Å². The van der Waals surface area contributed by atoms with Crippen LogP contribution in [0.5, 0.6) is 5.75 Å². The zero-order valence-electron chi connectivity index (χ0n) is 20.9. The van der Waals surface area contributed by atoms with Crippen LogP contribution in [0, 0.1) is 5.41 Å². The van der Waals surface area contributed by atoms with E-state index in [1.54, 1.807) is 6.92 Å². The highest BCUT2D eigenvalue weighted by Crippen LogP contribution is 2.15. The van der Waals surface area contributed by atoms with E-state index in [0.29, 0.717) is 45.0 Å².